The second kappa shape index (κ2) is 6.97. The van der Waals surface area contributed by atoms with E-state index in [4.69, 9.17) is 0 Å². The van der Waals surface area contributed by atoms with Gasteiger partial charge in [0.1, 0.15) is 0 Å². The van der Waals surface area contributed by atoms with Crippen LogP contribution in [0.2, 0.25) is 0 Å². The second-order valence-corrected chi connectivity index (χ2v) is 3.64. The van der Waals surface area contributed by atoms with Gasteiger partial charge in [0, 0.05) is 0 Å². The topological polar surface area (TPSA) is 29.4 Å². The lowest BCUT2D eigenvalue weighted by molar-refractivity contribution is 0.543. The summed E-state index contributed by atoms with van der Waals surface area (Å²) in [6, 6.07) is 9.94. The summed E-state index contributed by atoms with van der Waals surface area (Å²) >= 11 is 0. The maximum Gasteiger partial charge on any atom is 0.235 e. The van der Waals surface area contributed by atoms with Crippen molar-refractivity contribution in [2.75, 3.05) is 0 Å². The first-order valence-corrected chi connectivity index (χ1v) is 5.50. The van der Waals surface area contributed by atoms with Gasteiger partial charge in [-0.15, -0.1) is 0 Å². The predicted molar refractivity (Wildman–Crippen MR) is 61.4 cm³/mol. The van der Waals surface area contributed by atoms with E-state index in [0.29, 0.717) is 0 Å². The van der Waals surface area contributed by atoms with Gasteiger partial charge in [0.2, 0.25) is 6.08 Å². The molecule has 0 aromatic heterocycles. The molecule has 1 rings (SSSR count). The molecule has 0 fully saturated rings. The fourth-order valence-corrected chi connectivity index (χ4v) is 1.63. The Hall–Kier alpha value is -1.40. The van der Waals surface area contributed by atoms with Crippen LogP contribution in [0.1, 0.15) is 44.2 Å². The zero-order chi connectivity index (χ0) is 10.9. The van der Waals surface area contributed by atoms with E-state index in [1.54, 1.807) is 6.08 Å². The van der Waals surface area contributed by atoms with Crippen molar-refractivity contribution < 1.29 is 4.79 Å². The van der Waals surface area contributed by atoms with E-state index in [0.717, 1.165) is 18.4 Å². The van der Waals surface area contributed by atoms with Crippen LogP contribution in [0, 0.1) is 0 Å². The third-order valence-corrected chi connectivity index (χ3v) is 2.47. The van der Waals surface area contributed by atoms with Crippen molar-refractivity contribution in [2.45, 2.75) is 38.6 Å². The highest BCUT2D eigenvalue weighted by molar-refractivity contribution is 5.35. The number of aliphatic imine (C=N–C) groups is 1. The smallest absolute Gasteiger partial charge is 0.211 e. The monoisotopic (exact) mass is 203 g/mol. The average molecular weight is 203 g/mol. The minimum atomic E-state index is -0.00440. The van der Waals surface area contributed by atoms with Crippen molar-refractivity contribution in [3.63, 3.8) is 0 Å². The Morgan fingerprint density at radius 1 is 1.27 bits per heavy atom. The summed E-state index contributed by atoms with van der Waals surface area (Å²) in [5, 5.41) is 0. The predicted octanol–water partition coefficient (Wildman–Crippen LogP) is 3.64. The molecule has 15 heavy (non-hydrogen) atoms. The molecule has 0 aliphatic rings. The highest BCUT2D eigenvalue weighted by atomic mass is 16.1. The standard InChI is InChI=1S/C13H17NO/c1-2-3-5-10-13(14-11-15)12-8-6-4-7-9-12/h4,6-9,13H,2-3,5,10H2,1H3. The number of benzene rings is 1. The Morgan fingerprint density at radius 2 is 2.00 bits per heavy atom. The second-order valence-electron chi connectivity index (χ2n) is 3.64. The van der Waals surface area contributed by atoms with Gasteiger partial charge in [0.05, 0.1) is 6.04 Å². The average Bonchev–Trinajstić information content (AvgIpc) is 2.29. The molecule has 0 N–H and O–H groups in total. The molecule has 0 aliphatic heterocycles. The van der Waals surface area contributed by atoms with Gasteiger partial charge in [-0.1, -0.05) is 56.5 Å². The van der Waals surface area contributed by atoms with E-state index in [9.17, 15) is 4.79 Å². The molecule has 1 unspecified atom stereocenters. The Morgan fingerprint density at radius 3 is 2.60 bits per heavy atom. The number of rotatable bonds is 6. The van der Waals surface area contributed by atoms with Crippen molar-refractivity contribution in [3.05, 3.63) is 35.9 Å². The molecule has 1 atom stereocenters. The minimum Gasteiger partial charge on any atom is -0.211 e. The summed E-state index contributed by atoms with van der Waals surface area (Å²) in [7, 11) is 0. The van der Waals surface area contributed by atoms with Crippen molar-refractivity contribution in [1.29, 1.82) is 0 Å². The van der Waals surface area contributed by atoms with Gasteiger partial charge in [-0.2, -0.15) is 4.99 Å². The van der Waals surface area contributed by atoms with Gasteiger partial charge >= 0.3 is 0 Å². The third kappa shape index (κ3) is 4.09. The van der Waals surface area contributed by atoms with Gasteiger partial charge in [-0.25, -0.2) is 4.79 Å². The first-order valence-electron chi connectivity index (χ1n) is 5.50. The molecular formula is C13H17NO. The van der Waals surface area contributed by atoms with Crippen LogP contribution in [0.25, 0.3) is 0 Å². The van der Waals surface area contributed by atoms with E-state index in [2.05, 4.69) is 11.9 Å². The number of hydrogen-bond donors (Lipinski definition) is 0. The molecule has 0 spiro atoms. The molecule has 1 aromatic carbocycles. The quantitative estimate of drug-likeness (QED) is 0.394. The van der Waals surface area contributed by atoms with Crippen LogP contribution in [0.4, 0.5) is 0 Å². The summed E-state index contributed by atoms with van der Waals surface area (Å²) in [5.41, 5.74) is 1.11. The van der Waals surface area contributed by atoms with Gasteiger partial charge in [0.25, 0.3) is 0 Å². The van der Waals surface area contributed by atoms with Gasteiger partial charge < -0.3 is 0 Å². The lowest BCUT2D eigenvalue weighted by Gasteiger charge is -2.10. The first kappa shape index (κ1) is 11.7. The molecule has 0 heterocycles. The maximum atomic E-state index is 10.3. The molecular weight excluding hydrogens is 186 g/mol. The maximum absolute atomic E-state index is 10.3. The van der Waals surface area contributed by atoms with Crippen LogP contribution >= 0.6 is 0 Å². The Kier molecular flexibility index (Phi) is 5.42. The van der Waals surface area contributed by atoms with Crippen molar-refractivity contribution >= 4 is 6.08 Å². The third-order valence-electron chi connectivity index (χ3n) is 2.47. The van der Waals surface area contributed by atoms with E-state index in [-0.39, 0.29) is 6.04 Å². The van der Waals surface area contributed by atoms with Gasteiger partial charge in [0.15, 0.2) is 0 Å². The number of unbranched alkanes of at least 4 members (excludes halogenated alkanes) is 2. The molecule has 0 saturated carbocycles. The molecule has 0 radical (unpaired) electrons. The van der Waals surface area contributed by atoms with Crippen LogP contribution in [0.3, 0.4) is 0 Å². The van der Waals surface area contributed by atoms with Crippen molar-refractivity contribution in [2.24, 2.45) is 4.99 Å². The lowest BCUT2D eigenvalue weighted by Crippen LogP contribution is -1.95. The van der Waals surface area contributed by atoms with Crippen molar-refractivity contribution in [1.82, 2.24) is 0 Å². The van der Waals surface area contributed by atoms with E-state index >= 15 is 0 Å². The zero-order valence-corrected chi connectivity index (χ0v) is 9.15. The summed E-state index contributed by atoms with van der Waals surface area (Å²) < 4.78 is 0. The first-order chi connectivity index (χ1) is 7.38. The van der Waals surface area contributed by atoms with E-state index in [1.807, 2.05) is 30.3 Å². The molecule has 80 valence electrons. The Balaban J connectivity index is 2.62. The molecule has 2 nitrogen and oxygen atoms in total. The minimum absolute atomic E-state index is 0.00440. The molecule has 0 saturated heterocycles. The summed E-state index contributed by atoms with van der Waals surface area (Å²) in [6.45, 7) is 2.17. The fourth-order valence-electron chi connectivity index (χ4n) is 1.63. The van der Waals surface area contributed by atoms with Crippen LogP contribution < -0.4 is 0 Å². The molecule has 1 aromatic rings. The number of isocyanates is 1. The molecule has 0 aliphatic carbocycles. The number of nitrogens with zero attached hydrogens (tertiary/aromatic N) is 1. The summed E-state index contributed by atoms with van der Waals surface area (Å²) in [6.07, 6.45) is 6.10. The molecule has 2 heteroatoms. The summed E-state index contributed by atoms with van der Waals surface area (Å²) in [4.78, 5) is 14.2. The Bertz CT molecular complexity index is 315. The van der Waals surface area contributed by atoms with Crippen LogP contribution in [-0.2, 0) is 4.79 Å². The van der Waals surface area contributed by atoms with Crippen LogP contribution in [0.15, 0.2) is 35.3 Å². The van der Waals surface area contributed by atoms with E-state index < -0.39 is 0 Å². The highest BCUT2D eigenvalue weighted by Gasteiger charge is 2.08. The van der Waals surface area contributed by atoms with E-state index in [1.165, 1.54) is 12.8 Å². The Labute approximate surface area is 91.0 Å². The SMILES string of the molecule is CCCCCC(N=C=O)c1ccccc1. The highest BCUT2D eigenvalue weighted by Crippen LogP contribution is 2.22. The zero-order valence-electron chi connectivity index (χ0n) is 9.15. The van der Waals surface area contributed by atoms with Gasteiger partial charge in [-0.3, -0.25) is 0 Å². The van der Waals surface area contributed by atoms with Crippen LogP contribution in [-0.4, -0.2) is 6.08 Å². The molecule has 0 amide bonds. The van der Waals surface area contributed by atoms with Crippen molar-refractivity contribution in [3.8, 4) is 0 Å². The van der Waals surface area contributed by atoms with Gasteiger partial charge in [-0.05, 0) is 12.0 Å². The lowest BCUT2D eigenvalue weighted by atomic mass is 10.0. The summed E-state index contributed by atoms with van der Waals surface area (Å²) in [5.74, 6) is 0. The van der Waals surface area contributed by atoms with Crippen LogP contribution in [0.5, 0.6) is 0 Å². The molecule has 0 bridgehead atoms. The number of carbonyl (C=O) groups excluding carboxylic acids is 1. The fraction of sp³-hybridized carbons (Fsp3) is 0.462. The normalized spacial score (nSPS) is 11.8. The largest absolute Gasteiger partial charge is 0.235 e. The number of hydrogen-bond acceptors (Lipinski definition) is 2.